The van der Waals surface area contributed by atoms with E-state index in [-0.39, 0.29) is 12.4 Å². The minimum absolute atomic E-state index is 0. The number of hydrogen-bond acceptors (Lipinski definition) is 3. The number of nitrogens with two attached hydrogens (primary N) is 1. The summed E-state index contributed by atoms with van der Waals surface area (Å²) in [6, 6.07) is 0.324. The molecular weight excluding hydrogens is 232 g/mol. The lowest BCUT2D eigenvalue weighted by atomic mass is 10.1. The van der Waals surface area contributed by atoms with E-state index < -0.39 is 18.6 Å². The van der Waals surface area contributed by atoms with Crippen molar-refractivity contribution in [3.05, 3.63) is 21.9 Å². The van der Waals surface area contributed by atoms with Crippen molar-refractivity contribution in [2.45, 2.75) is 18.9 Å². The molecule has 0 spiro atoms. The summed E-state index contributed by atoms with van der Waals surface area (Å²) in [5.41, 5.74) is 6.07. The van der Waals surface area contributed by atoms with E-state index >= 15 is 0 Å². The summed E-state index contributed by atoms with van der Waals surface area (Å²) >= 11 is 1.18. The van der Waals surface area contributed by atoms with Crippen molar-refractivity contribution in [3.8, 4) is 0 Å². The second-order valence-corrected chi connectivity index (χ2v) is 3.81. The van der Waals surface area contributed by atoms with Crippen LogP contribution in [0.4, 0.5) is 8.78 Å². The van der Waals surface area contributed by atoms with Crippen molar-refractivity contribution in [3.63, 3.8) is 0 Å². The number of thiophene rings is 1. The topological polar surface area (TPSA) is 46.2 Å². The molecule has 82 valence electrons. The molecule has 6 heteroatoms. The predicted octanol–water partition coefficient (Wildman–Crippen LogP) is 2.11. The smallest absolute Gasteiger partial charge is 0.290 e. The van der Waals surface area contributed by atoms with E-state index in [0.29, 0.717) is 4.88 Å². The Morgan fingerprint density at radius 3 is 2.57 bits per heavy atom. The van der Waals surface area contributed by atoms with Gasteiger partial charge >= 0.3 is 0 Å². The molecule has 0 aromatic carbocycles. The monoisotopic (exact) mass is 243 g/mol. The molecule has 0 aliphatic rings. The van der Waals surface area contributed by atoms with Gasteiger partial charge in [0, 0.05) is 4.88 Å². The standard InChI is InChI=1S/C8H11F2NOS.ClH/c1-5-2-3-13-6(5)7(11)8(9,10)4-12;/h2-3,7,12H,4,11H2,1H3;1H/t7-;/m0./s1. The molecule has 1 aromatic heterocycles. The molecule has 0 fully saturated rings. The van der Waals surface area contributed by atoms with Gasteiger partial charge in [0.2, 0.25) is 0 Å². The fourth-order valence-corrected chi connectivity index (χ4v) is 1.98. The van der Waals surface area contributed by atoms with Gasteiger partial charge in [-0.1, -0.05) is 0 Å². The maximum absolute atomic E-state index is 12.9. The number of rotatable bonds is 3. The van der Waals surface area contributed by atoms with E-state index in [9.17, 15) is 8.78 Å². The molecule has 0 unspecified atom stereocenters. The molecular formula is C8H12ClF2NOS. The zero-order chi connectivity index (χ0) is 10.1. The van der Waals surface area contributed by atoms with Crippen molar-refractivity contribution < 1.29 is 13.9 Å². The summed E-state index contributed by atoms with van der Waals surface area (Å²) < 4.78 is 25.8. The lowest BCUT2D eigenvalue weighted by Crippen LogP contribution is -2.36. The highest BCUT2D eigenvalue weighted by atomic mass is 35.5. The van der Waals surface area contributed by atoms with E-state index in [0.717, 1.165) is 5.56 Å². The number of aliphatic hydroxyl groups excluding tert-OH is 1. The highest BCUT2D eigenvalue weighted by molar-refractivity contribution is 7.10. The molecule has 0 bridgehead atoms. The van der Waals surface area contributed by atoms with Gasteiger partial charge in [-0.2, -0.15) is 0 Å². The summed E-state index contributed by atoms with van der Waals surface area (Å²) in [5, 5.41) is 10.1. The van der Waals surface area contributed by atoms with Gasteiger partial charge in [0.05, 0.1) is 0 Å². The van der Waals surface area contributed by atoms with Gasteiger partial charge in [-0.15, -0.1) is 23.7 Å². The fourth-order valence-electron chi connectivity index (χ4n) is 0.993. The van der Waals surface area contributed by atoms with Crippen molar-refractivity contribution in [2.75, 3.05) is 6.61 Å². The molecule has 2 nitrogen and oxygen atoms in total. The predicted molar refractivity (Wildman–Crippen MR) is 55.3 cm³/mol. The lowest BCUT2D eigenvalue weighted by Gasteiger charge is -2.20. The van der Waals surface area contributed by atoms with Crippen LogP contribution in [0.2, 0.25) is 0 Å². The van der Waals surface area contributed by atoms with Crippen molar-refractivity contribution >= 4 is 23.7 Å². The minimum Gasteiger partial charge on any atom is -0.390 e. The average Bonchev–Trinajstić information content (AvgIpc) is 2.50. The Kier molecular flexibility index (Phi) is 4.94. The number of alkyl halides is 2. The first kappa shape index (κ1) is 13.8. The molecule has 3 N–H and O–H groups in total. The van der Waals surface area contributed by atoms with E-state index in [2.05, 4.69) is 0 Å². The Hall–Kier alpha value is -0.230. The van der Waals surface area contributed by atoms with E-state index in [1.165, 1.54) is 11.3 Å². The number of aliphatic hydroxyl groups is 1. The van der Waals surface area contributed by atoms with Crippen LogP contribution >= 0.6 is 23.7 Å². The fraction of sp³-hybridized carbons (Fsp3) is 0.500. The first-order valence-corrected chi connectivity index (χ1v) is 4.65. The van der Waals surface area contributed by atoms with Gasteiger partial charge in [0.15, 0.2) is 0 Å². The van der Waals surface area contributed by atoms with Gasteiger partial charge in [-0.25, -0.2) is 8.78 Å². The molecule has 0 amide bonds. The van der Waals surface area contributed by atoms with Crippen LogP contribution in [0.15, 0.2) is 11.4 Å². The highest BCUT2D eigenvalue weighted by Crippen LogP contribution is 2.33. The highest BCUT2D eigenvalue weighted by Gasteiger charge is 2.38. The summed E-state index contributed by atoms with van der Waals surface area (Å²) in [4.78, 5) is 0.430. The average molecular weight is 244 g/mol. The minimum atomic E-state index is -3.24. The molecule has 14 heavy (non-hydrogen) atoms. The Labute approximate surface area is 91.1 Å². The molecule has 1 heterocycles. The molecule has 0 aliphatic carbocycles. The van der Waals surface area contributed by atoms with E-state index in [1.807, 2.05) is 0 Å². The second kappa shape index (κ2) is 5.02. The molecule has 0 aliphatic heterocycles. The van der Waals surface area contributed by atoms with Crippen LogP contribution < -0.4 is 5.73 Å². The molecule has 0 saturated carbocycles. The van der Waals surface area contributed by atoms with Crippen LogP contribution in [0.25, 0.3) is 0 Å². The molecule has 1 aromatic rings. The summed E-state index contributed by atoms with van der Waals surface area (Å²) in [6.45, 7) is 0.505. The van der Waals surface area contributed by atoms with Crippen LogP contribution in [0.3, 0.4) is 0 Å². The Morgan fingerprint density at radius 2 is 2.21 bits per heavy atom. The van der Waals surface area contributed by atoms with Crippen molar-refractivity contribution in [1.29, 1.82) is 0 Å². The van der Waals surface area contributed by atoms with Gasteiger partial charge in [-0.3, -0.25) is 0 Å². The van der Waals surface area contributed by atoms with Crippen molar-refractivity contribution in [1.82, 2.24) is 0 Å². The lowest BCUT2D eigenvalue weighted by molar-refractivity contribution is -0.0704. The second-order valence-electron chi connectivity index (χ2n) is 2.86. The first-order chi connectivity index (χ1) is 5.99. The molecule has 1 rings (SSSR count). The zero-order valence-electron chi connectivity index (χ0n) is 7.54. The van der Waals surface area contributed by atoms with Gasteiger partial charge in [-0.05, 0) is 23.9 Å². The SMILES string of the molecule is Cc1ccsc1[C@H](N)C(F)(F)CO.Cl. The Morgan fingerprint density at radius 1 is 1.64 bits per heavy atom. The van der Waals surface area contributed by atoms with Crippen LogP contribution in [0.1, 0.15) is 16.5 Å². The number of hydrogen-bond donors (Lipinski definition) is 2. The van der Waals surface area contributed by atoms with Crippen LogP contribution in [0.5, 0.6) is 0 Å². The van der Waals surface area contributed by atoms with E-state index in [1.54, 1.807) is 18.4 Å². The summed E-state index contributed by atoms with van der Waals surface area (Å²) in [6.07, 6.45) is 0. The molecule has 0 saturated heterocycles. The zero-order valence-corrected chi connectivity index (χ0v) is 9.17. The third kappa shape index (κ3) is 2.63. The molecule has 0 radical (unpaired) electrons. The third-order valence-corrected chi connectivity index (χ3v) is 2.95. The van der Waals surface area contributed by atoms with Crippen LogP contribution in [-0.4, -0.2) is 17.6 Å². The quantitative estimate of drug-likeness (QED) is 0.854. The normalized spacial score (nSPS) is 13.5. The first-order valence-electron chi connectivity index (χ1n) is 3.77. The number of aryl methyl sites for hydroxylation is 1. The maximum Gasteiger partial charge on any atom is 0.290 e. The van der Waals surface area contributed by atoms with Gasteiger partial charge in [0.25, 0.3) is 5.92 Å². The third-order valence-electron chi connectivity index (χ3n) is 1.85. The van der Waals surface area contributed by atoms with Gasteiger partial charge in [0.1, 0.15) is 12.6 Å². The Bertz CT molecular complexity index is 293. The molecule has 1 atom stereocenters. The number of halogens is 3. The maximum atomic E-state index is 12.9. The van der Waals surface area contributed by atoms with Crippen LogP contribution in [-0.2, 0) is 0 Å². The van der Waals surface area contributed by atoms with Gasteiger partial charge < -0.3 is 10.8 Å². The van der Waals surface area contributed by atoms with E-state index in [4.69, 9.17) is 10.8 Å². The summed E-state index contributed by atoms with van der Waals surface area (Å²) in [5.74, 6) is -3.24. The summed E-state index contributed by atoms with van der Waals surface area (Å²) in [7, 11) is 0. The largest absolute Gasteiger partial charge is 0.390 e. The van der Waals surface area contributed by atoms with Crippen LogP contribution in [0, 0.1) is 6.92 Å². The van der Waals surface area contributed by atoms with Crippen molar-refractivity contribution in [2.24, 2.45) is 5.73 Å². The Balaban J connectivity index is 0.00000169.